The number of ether oxygens (including phenoxy) is 1. The summed E-state index contributed by atoms with van der Waals surface area (Å²) in [7, 11) is 0. The second-order valence-electron chi connectivity index (χ2n) is 2.55. The highest BCUT2D eigenvalue weighted by atomic mass is 16.5. The molecule has 0 aromatic carbocycles. The summed E-state index contributed by atoms with van der Waals surface area (Å²) in [6, 6.07) is 5.62. The molecule has 1 aromatic heterocycles. The topological polar surface area (TPSA) is 39.2 Å². The highest BCUT2D eigenvalue weighted by Gasteiger charge is 1.96. The van der Waals surface area contributed by atoms with Gasteiger partial charge in [-0.05, 0) is 19.1 Å². The van der Waals surface area contributed by atoms with Gasteiger partial charge in [0.2, 0.25) is 0 Å². The fourth-order valence-electron chi connectivity index (χ4n) is 0.855. The van der Waals surface area contributed by atoms with Crippen LogP contribution in [0.2, 0.25) is 0 Å². The Labute approximate surface area is 71.4 Å². The highest BCUT2D eigenvalue weighted by Crippen LogP contribution is 1.99. The molecule has 64 valence electrons. The Morgan fingerprint density at radius 2 is 2.33 bits per heavy atom. The van der Waals surface area contributed by atoms with E-state index in [2.05, 4.69) is 4.98 Å². The predicted molar refractivity (Wildman–Crippen MR) is 44.4 cm³/mol. The van der Waals surface area contributed by atoms with Crippen molar-refractivity contribution in [1.82, 2.24) is 4.98 Å². The van der Waals surface area contributed by atoms with Crippen molar-refractivity contribution in [3.8, 4) is 0 Å². The van der Waals surface area contributed by atoms with Crippen molar-refractivity contribution in [2.75, 3.05) is 0 Å². The molecule has 0 fully saturated rings. The number of pyridine rings is 1. The fraction of sp³-hybridized carbons (Fsp3) is 0.333. The number of carbonyl (C=O) groups is 1. The lowest BCUT2D eigenvalue weighted by molar-refractivity contribution is -0.142. The largest absolute Gasteiger partial charge is 0.459 e. The second kappa shape index (κ2) is 3.85. The zero-order valence-electron chi connectivity index (χ0n) is 7.20. The molecule has 0 aliphatic carbocycles. The van der Waals surface area contributed by atoms with E-state index in [1.165, 1.54) is 6.92 Å². The Kier molecular flexibility index (Phi) is 2.80. The first-order valence-electron chi connectivity index (χ1n) is 3.74. The molecule has 1 heterocycles. The number of aryl methyl sites for hydroxylation is 1. The van der Waals surface area contributed by atoms with Gasteiger partial charge in [-0.15, -0.1) is 0 Å². The smallest absolute Gasteiger partial charge is 0.303 e. The van der Waals surface area contributed by atoms with Gasteiger partial charge in [0.1, 0.15) is 6.61 Å². The average Bonchev–Trinajstić information content (AvgIpc) is 2.01. The Hall–Kier alpha value is -1.38. The minimum atomic E-state index is -0.279. The molecular weight excluding hydrogens is 154 g/mol. The normalized spacial score (nSPS) is 9.50. The number of nitrogens with zero attached hydrogens (tertiary/aromatic N) is 1. The maximum absolute atomic E-state index is 10.5. The van der Waals surface area contributed by atoms with Crippen molar-refractivity contribution >= 4 is 5.97 Å². The summed E-state index contributed by atoms with van der Waals surface area (Å²) in [5.74, 6) is -0.279. The van der Waals surface area contributed by atoms with Gasteiger partial charge < -0.3 is 4.74 Å². The maximum Gasteiger partial charge on any atom is 0.303 e. The molecule has 0 spiro atoms. The molecule has 0 saturated heterocycles. The number of esters is 1. The van der Waals surface area contributed by atoms with Crippen molar-refractivity contribution in [2.45, 2.75) is 20.5 Å². The van der Waals surface area contributed by atoms with E-state index in [1.54, 1.807) is 0 Å². The van der Waals surface area contributed by atoms with Gasteiger partial charge in [-0.2, -0.15) is 0 Å². The Morgan fingerprint density at radius 3 is 2.92 bits per heavy atom. The van der Waals surface area contributed by atoms with Crippen LogP contribution in [-0.4, -0.2) is 11.0 Å². The van der Waals surface area contributed by atoms with Crippen LogP contribution in [0, 0.1) is 6.92 Å². The first-order chi connectivity index (χ1) is 5.68. The Morgan fingerprint density at radius 1 is 1.58 bits per heavy atom. The molecule has 0 aliphatic rings. The lowest BCUT2D eigenvalue weighted by Gasteiger charge is -2.01. The van der Waals surface area contributed by atoms with E-state index in [0.717, 1.165) is 11.4 Å². The molecule has 1 rings (SSSR count). The SMILES string of the molecule is CC(=O)OCc1cccc(C)n1. The van der Waals surface area contributed by atoms with Crippen LogP contribution in [-0.2, 0) is 16.1 Å². The van der Waals surface area contributed by atoms with Crippen LogP contribution < -0.4 is 0 Å². The van der Waals surface area contributed by atoms with Gasteiger partial charge in [0.05, 0.1) is 5.69 Å². The molecule has 1 aromatic rings. The van der Waals surface area contributed by atoms with Gasteiger partial charge in [-0.1, -0.05) is 6.07 Å². The summed E-state index contributed by atoms with van der Waals surface area (Å²) >= 11 is 0. The van der Waals surface area contributed by atoms with E-state index >= 15 is 0 Å². The molecule has 0 unspecified atom stereocenters. The van der Waals surface area contributed by atoms with E-state index in [4.69, 9.17) is 4.74 Å². The molecule has 3 nitrogen and oxygen atoms in total. The first-order valence-corrected chi connectivity index (χ1v) is 3.74. The van der Waals surface area contributed by atoms with Crippen molar-refractivity contribution in [3.05, 3.63) is 29.6 Å². The molecular formula is C9H11NO2. The van der Waals surface area contributed by atoms with Gasteiger partial charge in [0.15, 0.2) is 0 Å². The van der Waals surface area contributed by atoms with Crippen molar-refractivity contribution in [3.63, 3.8) is 0 Å². The van der Waals surface area contributed by atoms with Gasteiger partial charge in [0, 0.05) is 12.6 Å². The van der Waals surface area contributed by atoms with Crippen LogP contribution in [0.15, 0.2) is 18.2 Å². The molecule has 0 saturated carbocycles. The monoisotopic (exact) mass is 165 g/mol. The minimum absolute atomic E-state index is 0.261. The number of hydrogen-bond donors (Lipinski definition) is 0. The molecule has 0 bridgehead atoms. The van der Waals surface area contributed by atoms with E-state index < -0.39 is 0 Å². The van der Waals surface area contributed by atoms with Gasteiger partial charge in [-0.25, -0.2) is 0 Å². The zero-order valence-corrected chi connectivity index (χ0v) is 7.20. The fourth-order valence-corrected chi connectivity index (χ4v) is 0.855. The van der Waals surface area contributed by atoms with Crippen LogP contribution in [0.4, 0.5) is 0 Å². The van der Waals surface area contributed by atoms with Crippen LogP contribution in [0.3, 0.4) is 0 Å². The standard InChI is InChI=1S/C9H11NO2/c1-7-4-3-5-9(10-7)6-12-8(2)11/h3-5H,6H2,1-2H3. The van der Waals surface area contributed by atoms with E-state index in [9.17, 15) is 4.79 Å². The molecule has 12 heavy (non-hydrogen) atoms. The van der Waals surface area contributed by atoms with Crippen molar-refractivity contribution in [2.24, 2.45) is 0 Å². The second-order valence-corrected chi connectivity index (χ2v) is 2.55. The molecule has 3 heteroatoms. The van der Waals surface area contributed by atoms with Crippen LogP contribution in [0.25, 0.3) is 0 Å². The van der Waals surface area contributed by atoms with E-state index in [-0.39, 0.29) is 12.6 Å². The number of aromatic nitrogens is 1. The van der Waals surface area contributed by atoms with Crippen molar-refractivity contribution < 1.29 is 9.53 Å². The molecule has 0 radical (unpaired) electrons. The first kappa shape index (κ1) is 8.71. The lowest BCUT2D eigenvalue weighted by atomic mass is 10.3. The summed E-state index contributed by atoms with van der Waals surface area (Å²) in [6.45, 7) is 3.55. The van der Waals surface area contributed by atoms with Crippen LogP contribution in [0.1, 0.15) is 18.3 Å². The minimum Gasteiger partial charge on any atom is -0.459 e. The predicted octanol–water partition coefficient (Wildman–Crippen LogP) is 1.45. The Bertz CT molecular complexity index is 284. The molecule has 0 aliphatic heterocycles. The Balaban J connectivity index is 2.57. The summed E-state index contributed by atoms with van der Waals surface area (Å²) < 4.78 is 4.78. The quantitative estimate of drug-likeness (QED) is 0.622. The summed E-state index contributed by atoms with van der Waals surface area (Å²) in [6.07, 6.45) is 0. The molecule has 0 N–H and O–H groups in total. The third-order valence-electron chi connectivity index (χ3n) is 1.37. The van der Waals surface area contributed by atoms with Gasteiger partial charge in [-0.3, -0.25) is 9.78 Å². The lowest BCUT2D eigenvalue weighted by Crippen LogP contribution is -2.00. The molecule has 0 atom stereocenters. The number of carbonyl (C=O) groups excluding carboxylic acids is 1. The average molecular weight is 165 g/mol. The summed E-state index contributed by atoms with van der Waals surface area (Å²) in [5, 5.41) is 0. The zero-order chi connectivity index (χ0) is 8.97. The van der Waals surface area contributed by atoms with E-state index in [0.29, 0.717) is 0 Å². The van der Waals surface area contributed by atoms with E-state index in [1.807, 2.05) is 25.1 Å². The highest BCUT2D eigenvalue weighted by molar-refractivity contribution is 5.65. The summed E-state index contributed by atoms with van der Waals surface area (Å²) in [4.78, 5) is 14.6. The third kappa shape index (κ3) is 2.70. The van der Waals surface area contributed by atoms with Crippen LogP contribution in [0.5, 0.6) is 0 Å². The summed E-state index contributed by atoms with van der Waals surface area (Å²) in [5.41, 5.74) is 1.71. The van der Waals surface area contributed by atoms with Crippen LogP contribution >= 0.6 is 0 Å². The van der Waals surface area contributed by atoms with Gasteiger partial charge >= 0.3 is 5.97 Å². The van der Waals surface area contributed by atoms with Gasteiger partial charge in [0.25, 0.3) is 0 Å². The van der Waals surface area contributed by atoms with Crippen molar-refractivity contribution in [1.29, 1.82) is 0 Å². The maximum atomic E-state index is 10.5. The molecule has 0 amide bonds. The number of hydrogen-bond acceptors (Lipinski definition) is 3. The third-order valence-corrected chi connectivity index (χ3v) is 1.37. The number of rotatable bonds is 2.